The summed E-state index contributed by atoms with van der Waals surface area (Å²) in [4.78, 5) is 12.2. The molecule has 1 atom stereocenters. The van der Waals surface area contributed by atoms with Crippen LogP contribution in [0.3, 0.4) is 0 Å². The summed E-state index contributed by atoms with van der Waals surface area (Å²) in [5, 5.41) is 0.364. The van der Waals surface area contributed by atoms with Gasteiger partial charge in [-0.05, 0) is 26.0 Å². The zero-order valence-electron chi connectivity index (χ0n) is 11.3. The SMILES string of the molecule is O=C(Pc1ccccc1)c1c(C(F)(F)F)cccc1C(F)(F)F.[LiH]. The van der Waals surface area contributed by atoms with Crippen LogP contribution in [0, 0.1) is 0 Å². The van der Waals surface area contributed by atoms with Crippen molar-refractivity contribution in [2.75, 3.05) is 0 Å². The van der Waals surface area contributed by atoms with Gasteiger partial charge in [0.1, 0.15) is 0 Å². The third-order valence-corrected chi connectivity index (χ3v) is 4.03. The van der Waals surface area contributed by atoms with Crippen molar-refractivity contribution in [2.45, 2.75) is 12.4 Å². The van der Waals surface area contributed by atoms with Crippen molar-refractivity contribution in [1.29, 1.82) is 0 Å². The Morgan fingerprint density at radius 2 is 1.21 bits per heavy atom. The molecular formula is C15H10F6LiOP. The fourth-order valence-corrected chi connectivity index (χ4v) is 3.00. The molecule has 0 N–H and O–H groups in total. The summed E-state index contributed by atoms with van der Waals surface area (Å²) in [5.41, 5.74) is -5.66. The topological polar surface area (TPSA) is 17.1 Å². The summed E-state index contributed by atoms with van der Waals surface area (Å²) in [5.74, 6) is 0. The molecule has 0 bridgehead atoms. The molecular weight excluding hydrogens is 348 g/mol. The van der Waals surface area contributed by atoms with Crippen LogP contribution in [-0.4, -0.2) is 24.4 Å². The summed E-state index contributed by atoms with van der Waals surface area (Å²) < 4.78 is 78.0. The van der Waals surface area contributed by atoms with Crippen molar-refractivity contribution in [2.24, 2.45) is 0 Å². The molecule has 24 heavy (non-hydrogen) atoms. The average Bonchev–Trinajstić information content (AvgIpc) is 2.45. The Kier molecular flexibility index (Phi) is 6.69. The first-order valence-corrected chi connectivity index (χ1v) is 7.24. The van der Waals surface area contributed by atoms with E-state index in [0.29, 0.717) is 23.5 Å². The fourth-order valence-electron chi connectivity index (χ4n) is 1.98. The van der Waals surface area contributed by atoms with Crippen LogP contribution in [0.15, 0.2) is 48.5 Å². The summed E-state index contributed by atoms with van der Waals surface area (Å²) in [7, 11) is -0.832. The van der Waals surface area contributed by atoms with Gasteiger partial charge in [-0.25, -0.2) is 0 Å². The van der Waals surface area contributed by atoms with Crippen LogP contribution >= 0.6 is 8.58 Å². The standard InChI is InChI=1S/C15H9F6OP.Li.H/c16-14(17,18)10-7-4-8-11(15(19,20)21)12(10)13(22)23-9-5-2-1-3-6-9;;/h1-8,23H;;. The van der Waals surface area contributed by atoms with Crippen LogP contribution in [0.1, 0.15) is 21.5 Å². The number of hydrogen-bond donors (Lipinski definition) is 0. The van der Waals surface area contributed by atoms with Crippen molar-refractivity contribution >= 4 is 38.3 Å². The Bertz CT molecular complexity index is 680. The number of hydrogen-bond acceptors (Lipinski definition) is 1. The minimum atomic E-state index is -5.05. The predicted molar refractivity (Wildman–Crippen MR) is 82.3 cm³/mol. The maximum atomic E-state index is 13.0. The van der Waals surface area contributed by atoms with Gasteiger partial charge in [0, 0.05) is 5.56 Å². The Morgan fingerprint density at radius 1 is 0.750 bits per heavy atom. The number of benzene rings is 2. The molecule has 0 aromatic heterocycles. The molecule has 0 heterocycles. The quantitative estimate of drug-likeness (QED) is 0.456. The van der Waals surface area contributed by atoms with Crippen LogP contribution in [0.4, 0.5) is 26.3 Å². The summed E-state index contributed by atoms with van der Waals surface area (Å²) >= 11 is 0. The van der Waals surface area contributed by atoms with Crippen molar-refractivity contribution in [3.63, 3.8) is 0 Å². The van der Waals surface area contributed by atoms with E-state index in [1.54, 1.807) is 18.2 Å². The van der Waals surface area contributed by atoms with Gasteiger partial charge in [0.05, 0.1) is 11.1 Å². The number of alkyl halides is 6. The van der Waals surface area contributed by atoms with Crippen LogP contribution < -0.4 is 5.30 Å². The van der Waals surface area contributed by atoms with Gasteiger partial charge in [0.2, 0.25) is 0 Å². The van der Waals surface area contributed by atoms with Gasteiger partial charge >= 0.3 is 31.2 Å². The van der Waals surface area contributed by atoms with Gasteiger partial charge in [0.15, 0.2) is 5.52 Å². The van der Waals surface area contributed by atoms with Crippen LogP contribution in [0.2, 0.25) is 0 Å². The Hall–Kier alpha value is -1.28. The summed E-state index contributed by atoms with van der Waals surface area (Å²) in [6.07, 6.45) is -10.1. The molecule has 0 saturated carbocycles. The van der Waals surface area contributed by atoms with Gasteiger partial charge in [-0.15, -0.1) is 0 Å². The first-order chi connectivity index (χ1) is 10.6. The number of carbonyl (C=O) groups is 1. The van der Waals surface area contributed by atoms with E-state index in [4.69, 9.17) is 0 Å². The molecule has 0 radical (unpaired) electrons. The first-order valence-electron chi connectivity index (χ1n) is 6.24. The van der Waals surface area contributed by atoms with E-state index in [-0.39, 0.29) is 18.9 Å². The normalized spacial score (nSPS) is 12.2. The van der Waals surface area contributed by atoms with Gasteiger partial charge in [-0.2, -0.15) is 26.3 Å². The molecule has 0 aliphatic heterocycles. The molecule has 2 rings (SSSR count). The zero-order chi connectivity index (χ0) is 17.3. The van der Waals surface area contributed by atoms with Gasteiger partial charge in [0.25, 0.3) is 0 Å². The van der Waals surface area contributed by atoms with Gasteiger partial charge < -0.3 is 0 Å². The van der Waals surface area contributed by atoms with E-state index in [0.717, 1.165) is 0 Å². The maximum absolute atomic E-state index is 13.0. The number of carbonyl (C=O) groups excluding carboxylic acids is 1. The minimum absolute atomic E-state index is 0. The second kappa shape index (κ2) is 7.73. The average molecular weight is 358 g/mol. The summed E-state index contributed by atoms with van der Waals surface area (Å²) in [6.45, 7) is 0. The molecule has 0 fully saturated rings. The van der Waals surface area contributed by atoms with Gasteiger partial charge in [-0.3, -0.25) is 4.79 Å². The molecule has 0 aliphatic carbocycles. The zero-order valence-corrected chi connectivity index (χ0v) is 12.3. The number of rotatable bonds is 3. The predicted octanol–water partition coefficient (Wildman–Crippen LogP) is 4.22. The molecule has 2 aromatic carbocycles. The molecule has 9 heteroatoms. The molecule has 0 aliphatic rings. The van der Waals surface area contributed by atoms with E-state index in [1.165, 1.54) is 12.1 Å². The van der Waals surface area contributed by atoms with Crippen LogP contribution in [-0.2, 0) is 12.4 Å². The Balaban J connectivity index is 0.00000288. The molecule has 1 unspecified atom stereocenters. The second-order valence-electron chi connectivity index (χ2n) is 4.54. The van der Waals surface area contributed by atoms with E-state index in [9.17, 15) is 31.1 Å². The van der Waals surface area contributed by atoms with Crippen molar-refractivity contribution < 1.29 is 31.1 Å². The molecule has 1 nitrogen and oxygen atoms in total. The van der Waals surface area contributed by atoms with Crippen molar-refractivity contribution in [1.82, 2.24) is 0 Å². The van der Waals surface area contributed by atoms with Crippen LogP contribution in [0.5, 0.6) is 0 Å². The van der Waals surface area contributed by atoms with Crippen molar-refractivity contribution in [3.05, 3.63) is 65.2 Å². The summed E-state index contributed by atoms with van der Waals surface area (Å²) in [6, 6.07) is 9.29. The monoisotopic (exact) mass is 358 g/mol. The van der Waals surface area contributed by atoms with E-state index in [2.05, 4.69) is 0 Å². The third kappa shape index (κ3) is 4.86. The number of halogens is 6. The van der Waals surface area contributed by atoms with E-state index in [1.807, 2.05) is 0 Å². The van der Waals surface area contributed by atoms with E-state index < -0.39 is 43.1 Å². The molecule has 0 spiro atoms. The molecule has 0 amide bonds. The Morgan fingerprint density at radius 3 is 1.62 bits per heavy atom. The molecule has 0 saturated heterocycles. The molecule has 124 valence electrons. The fraction of sp³-hybridized carbons (Fsp3) is 0.133. The second-order valence-corrected chi connectivity index (χ2v) is 5.83. The van der Waals surface area contributed by atoms with E-state index >= 15 is 0 Å². The van der Waals surface area contributed by atoms with Crippen LogP contribution in [0.25, 0.3) is 0 Å². The Labute approximate surface area is 147 Å². The van der Waals surface area contributed by atoms with Gasteiger partial charge in [-0.1, -0.05) is 36.4 Å². The first kappa shape index (κ1) is 20.8. The van der Waals surface area contributed by atoms with Crippen molar-refractivity contribution in [3.8, 4) is 0 Å². The molecule has 2 aromatic rings. The third-order valence-electron chi connectivity index (χ3n) is 2.93.